The second-order valence-corrected chi connectivity index (χ2v) is 8.17. The lowest BCUT2D eigenvalue weighted by Crippen LogP contribution is -2.38. The van der Waals surface area contributed by atoms with Gasteiger partial charge in [-0.1, -0.05) is 6.42 Å². The van der Waals surface area contributed by atoms with Gasteiger partial charge in [0.2, 0.25) is 0 Å². The summed E-state index contributed by atoms with van der Waals surface area (Å²) >= 11 is 5.03. The van der Waals surface area contributed by atoms with Crippen molar-refractivity contribution in [3.05, 3.63) is 20.3 Å². The molecule has 3 unspecified atom stereocenters. The molecule has 104 valence electrons. The topological polar surface area (TPSA) is 46.3 Å². The number of nitrogens with two attached hydrogens (primary N) is 1. The van der Waals surface area contributed by atoms with Gasteiger partial charge in [-0.25, -0.2) is 0 Å². The van der Waals surface area contributed by atoms with Gasteiger partial charge in [0, 0.05) is 19.1 Å². The number of nitrogens with zero attached hydrogens (tertiary/aromatic N) is 1. The first-order valence-electron chi connectivity index (χ1n) is 6.87. The van der Waals surface area contributed by atoms with E-state index in [1.54, 1.807) is 0 Å². The first-order valence-corrected chi connectivity index (χ1v) is 8.48. The zero-order valence-corrected chi connectivity index (χ0v) is 13.5. The van der Waals surface area contributed by atoms with E-state index >= 15 is 0 Å². The molecule has 1 saturated carbocycles. The molecule has 0 bridgehead atoms. The van der Waals surface area contributed by atoms with Crippen LogP contribution in [0.25, 0.3) is 0 Å². The molecule has 1 aromatic rings. The maximum Gasteiger partial charge on any atom is 0.263 e. The minimum atomic E-state index is 0.181. The summed E-state index contributed by atoms with van der Waals surface area (Å²) in [4.78, 5) is 15.4. The van der Waals surface area contributed by atoms with E-state index in [1.807, 2.05) is 17.9 Å². The summed E-state index contributed by atoms with van der Waals surface area (Å²) in [7, 11) is 0. The highest BCUT2D eigenvalue weighted by atomic mass is 79.9. The van der Waals surface area contributed by atoms with Crippen LogP contribution in [0.5, 0.6) is 0 Å². The van der Waals surface area contributed by atoms with E-state index in [0.29, 0.717) is 11.8 Å². The molecule has 1 saturated heterocycles. The molecule has 2 N–H and O–H groups in total. The van der Waals surface area contributed by atoms with E-state index in [0.717, 1.165) is 33.7 Å². The van der Waals surface area contributed by atoms with Crippen molar-refractivity contribution >= 4 is 33.2 Å². The van der Waals surface area contributed by atoms with Crippen molar-refractivity contribution < 1.29 is 4.79 Å². The van der Waals surface area contributed by atoms with Gasteiger partial charge in [0.15, 0.2) is 0 Å². The molecule has 2 heterocycles. The van der Waals surface area contributed by atoms with Crippen molar-refractivity contribution in [1.29, 1.82) is 0 Å². The molecule has 1 amide bonds. The van der Waals surface area contributed by atoms with Gasteiger partial charge in [0.1, 0.15) is 0 Å². The molecular formula is C14H19BrN2OS. The number of fused-ring (bicyclic) bond motifs is 1. The van der Waals surface area contributed by atoms with Crippen LogP contribution < -0.4 is 5.73 Å². The third-order valence-electron chi connectivity index (χ3n) is 4.51. The number of likely N-dealkylation sites (tertiary alicyclic amines) is 1. The van der Waals surface area contributed by atoms with Gasteiger partial charge in [-0.15, -0.1) is 11.3 Å². The summed E-state index contributed by atoms with van der Waals surface area (Å²) in [5.74, 6) is 1.32. The Labute approximate surface area is 126 Å². The van der Waals surface area contributed by atoms with Crippen LogP contribution in [0.2, 0.25) is 0 Å². The summed E-state index contributed by atoms with van der Waals surface area (Å²) in [5.41, 5.74) is 7.35. The average Bonchev–Trinajstić information content (AvgIpc) is 2.94. The van der Waals surface area contributed by atoms with Crippen LogP contribution in [0.15, 0.2) is 9.85 Å². The highest BCUT2D eigenvalue weighted by Gasteiger charge is 2.40. The van der Waals surface area contributed by atoms with Crippen molar-refractivity contribution in [2.45, 2.75) is 32.2 Å². The minimum Gasteiger partial charge on any atom is -0.337 e. The molecule has 2 aliphatic rings. The van der Waals surface area contributed by atoms with Crippen LogP contribution in [0, 0.1) is 18.8 Å². The van der Waals surface area contributed by atoms with E-state index in [2.05, 4.69) is 15.9 Å². The Morgan fingerprint density at radius 3 is 2.89 bits per heavy atom. The van der Waals surface area contributed by atoms with E-state index in [9.17, 15) is 4.79 Å². The normalized spacial score (nSPS) is 30.5. The molecule has 1 aliphatic heterocycles. The number of rotatable bonds is 1. The SMILES string of the molecule is Cc1cc(C(=O)N2CC3CCCC(N)C3C2)sc1Br. The zero-order chi connectivity index (χ0) is 13.6. The third-order valence-corrected chi connectivity index (χ3v) is 6.63. The van der Waals surface area contributed by atoms with E-state index in [-0.39, 0.29) is 11.9 Å². The van der Waals surface area contributed by atoms with E-state index < -0.39 is 0 Å². The lowest BCUT2D eigenvalue weighted by Gasteiger charge is -2.29. The molecule has 3 nitrogen and oxygen atoms in total. The van der Waals surface area contributed by atoms with Crippen LogP contribution in [0.1, 0.15) is 34.5 Å². The van der Waals surface area contributed by atoms with Crippen LogP contribution >= 0.6 is 27.3 Å². The van der Waals surface area contributed by atoms with Gasteiger partial charge in [0.05, 0.1) is 8.66 Å². The standard InChI is InChI=1S/C14H19BrN2OS/c1-8-5-12(19-13(8)15)14(18)17-6-9-3-2-4-11(16)10(9)7-17/h5,9-11H,2-4,6-7,16H2,1H3. The highest BCUT2D eigenvalue weighted by molar-refractivity contribution is 9.11. The quantitative estimate of drug-likeness (QED) is 0.852. The minimum absolute atomic E-state index is 0.181. The third kappa shape index (κ3) is 2.48. The molecular weight excluding hydrogens is 324 g/mol. The molecule has 3 rings (SSSR count). The lowest BCUT2D eigenvalue weighted by molar-refractivity contribution is 0.0788. The number of carbonyl (C=O) groups excluding carboxylic acids is 1. The summed E-state index contributed by atoms with van der Waals surface area (Å²) in [5, 5.41) is 0. The average molecular weight is 343 g/mol. The molecule has 19 heavy (non-hydrogen) atoms. The Hall–Kier alpha value is -0.390. The number of halogens is 1. The van der Waals surface area contributed by atoms with Crippen LogP contribution in [-0.4, -0.2) is 29.9 Å². The summed E-state index contributed by atoms with van der Waals surface area (Å²) < 4.78 is 1.06. The van der Waals surface area contributed by atoms with Crippen LogP contribution in [-0.2, 0) is 0 Å². The fourth-order valence-electron chi connectivity index (χ4n) is 3.40. The van der Waals surface area contributed by atoms with E-state index in [1.165, 1.54) is 24.2 Å². The Morgan fingerprint density at radius 2 is 2.26 bits per heavy atom. The number of aryl methyl sites for hydroxylation is 1. The fraction of sp³-hybridized carbons (Fsp3) is 0.643. The maximum atomic E-state index is 12.5. The van der Waals surface area contributed by atoms with Crippen molar-refractivity contribution in [2.24, 2.45) is 17.6 Å². The van der Waals surface area contributed by atoms with Gasteiger partial charge in [-0.05, 0) is 59.2 Å². The second-order valence-electron chi connectivity index (χ2n) is 5.80. The van der Waals surface area contributed by atoms with Gasteiger partial charge in [-0.3, -0.25) is 4.79 Å². The van der Waals surface area contributed by atoms with Crippen molar-refractivity contribution in [1.82, 2.24) is 4.90 Å². The fourth-order valence-corrected chi connectivity index (χ4v) is 4.91. The Morgan fingerprint density at radius 1 is 1.47 bits per heavy atom. The second kappa shape index (κ2) is 5.19. The number of hydrogen-bond acceptors (Lipinski definition) is 3. The molecule has 2 fully saturated rings. The first-order chi connectivity index (χ1) is 9.06. The van der Waals surface area contributed by atoms with E-state index in [4.69, 9.17) is 5.73 Å². The van der Waals surface area contributed by atoms with Crippen LogP contribution in [0.4, 0.5) is 0 Å². The van der Waals surface area contributed by atoms with Crippen molar-refractivity contribution in [2.75, 3.05) is 13.1 Å². The number of thiophene rings is 1. The van der Waals surface area contributed by atoms with Crippen LogP contribution in [0.3, 0.4) is 0 Å². The predicted octanol–water partition coefficient (Wildman–Crippen LogP) is 3.02. The summed E-state index contributed by atoms with van der Waals surface area (Å²) in [6, 6.07) is 2.27. The molecule has 1 aliphatic carbocycles. The van der Waals surface area contributed by atoms with Gasteiger partial charge < -0.3 is 10.6 Å². The smallest absolute Gasteiger partial charge is 0.263 e. The monoisotopic (exact) mass is 342 g/mol. The van der Waals surface area contributed by atoms with Crippen molar-refractivity contribution in [3.8, 4) is 0 Å². The Kier molecular flexibility index (Phi) is 3.71. The highest BCUT2D eigenvalue weighted by Crippen LogP contribution is 2.37. The molecule has 0 spiro atoms. The summed E-state index contributed by atoms with van der Waals surface area (Å²) in [6.07, 6.45) is 3.57. The number of hydrogen-bond donors (Lipinski definition) is 1. The largest absolute Gasteiger partial charge is 0.337 e. The molecule has 0 radical (unpaired) electrons. The molecule has 3 atom stereocenters. The Bertz CT molecular complexity index is 482. The van der Waals surface area contributed by atoms with Gasteiger partial charge in [-0.2, -0.15) is 0 Å². The molecule has 0 aromatic carbocycles. The van der Waals surface area contributed by atoms with Gasteiger partial charge >= 0.3 is 0 Å². The lowest BCUT2D eigenvalue weighted by atomic mass is 9.78. The number of carbonyl (C=O) groups is 1. The summed E-state index contributed by atoms with van der Waals surface area (Å²) in [6.45, 7) is 3.77. The molecule has 1 aromatic heterocycles. The number of amides is 1. The van der Waals surface area contributed by atoms with Gasteiger partial charge in [0.25, 0.3) is 5.91 Å². The Balaban J connectivity index is 1.75. The first kappa shape index (κ1) is 13.6. The predicted molar refractivity (Wildman–Crippen MR) is 81.5 cm³/mol. The molecule has 5 heteroatoms. The maximum absolute atomic E-state index is 12.5. The zero-order valence-electron chi connectivity index (χ0n) is 11.1. The van der Waals surface area contributed by atoms with Crippen molar-refractivity contribution in [3.63, 3.8) is 0 Å².